The van der Waals surface area contributed by atoms with Gasteiger partial charge in [-0.05, 0) is 39.7 Å². The number of nitrogens with zero attached hydrogens (tertiary/aromatic N) is 1. The highest BCUT2D eigenvalue weighted by molar-refractivity contribution is 5.71. The summed E-state index contributed by atoms with van der Waals surface area (Å²) < 4.78 is 4.97. The van der Waals surface area contributed by atoms with Crippen LogP contribution in [0.5, 0.6) is 0 Å². The van der Waals surface area contributed by atoms with E-state index in [-0.39, 0.29) is 5.97 Å². The molecule has 2 N–H and O–H groups in total. The van der Waals surface area contributed by atoms with Gasteiger partial charge in [-0.2, -0.15) is 0 Å². The van der Waals surface area contributed by atoms with E-state index in [1.807, 2.05) is 6.92 Å². The molecule has 0 aliphatic heterocycles. The second-order valence-electron chi connectivity index (χ2n) is 4.13. The summed E-state index contributed by atoms with van der Waals surface area (Å²) >= 11 is 0. The van der Waals surface area contributed by atoms with Gasteiger partial charge in [0.25, 0.3) is 0 Å². The Hall–Kier alpha value is -0.610. The summed E-state index contributed by atoms with van der Waals surface area (Å²) in [7, 11) is 0. The largest absolute Gasteiger partial charge is 0.465 e. The second-order valence-corrected chi connectivity index (χ2v) is 4.13. The van der Waals surface area contributed by atoms with Crippen molar-refractivity contribution in [3.8, 4) is 0 Å². The molecule has 0 aromatic heterocycles. The molecule has 1 saturated carbocycles. The van der Waals surface area contributed by atoms with Crippen molar-refractivity contribution in [2.75, 3.05) is 19.7 Å². The van der Waals surface area contributed by atoms with E-state index in [1.54, 1.807) is 0 Å². The van der Waals surface area contributed by atoms with Gasteiger partial charge in [-0.15, -0.1) is 0 Å². The Morgan fingerprint density at radius 3 is 2.73 bits per heavy atom. The van der Waals surface area contributed by atoms with E-state index >= 15 is 0 Å². The Kier molecular flexibility index (Phi) is 5.05. The smallest absolute Gasteiger partial charge is 0.320 e. The highest BCUT2D eigenvalue weighted by Crippen LogP contribution is 2.29. The quantitative estimate of drug-likeness (QED) is 0.635. The normalized spacial score (nSPS) is 17.9. The van der Waals surface area contributed by atoms with E-state index in [2.05, 4.69) is 11.8 Å². The molecule has 4 heteroatoms. The van der Waals surface area contributed by atoms with Gasteiger partial charge in [-0.25, -0.2) is 0 Å². The number of rotatable bonds is 7. The van der Waals surface area contributed by atoms with Crippen LogP contribution in [-0.4, -0.2) is 42.6 Å². The highest BCUT2D eigenvalue weighted by atomic mass is 16.5. The average molecular weight is 214 g/mol. The lowest BCUT2D eigenvalue weighted by molar-refractivity contribution is -0.145. The van der Waals surface area contributed by atoms with E-state index in [0.29, 0.717) is 31.8 Å². The van der Waals surface area contributed by atoms with Gasteiger partial charge in [0.05, 0.1) is 13.2 Å². The Balaban J connectivity index is 2.39. The summed E-state index contributed by atoms with van der Waals surface area (Å²) in [6.07, 6.45) is 3.35. The van der Waals surface area contributed by atoms with Crippen molar-refractivity contribution in [3.05, 3.63) is 0 Å². The molecule has 0 bridgehead atoms. The van der Waals surface area contributed by atoms with E-state index in [0.717, 1.165) is 6.42 Å². The molecule has 1 unspecified atom stereocenters. The maximum absolute atomic E-state index is 11.4. The van der Waals surface area contributed by atoms with Gasteiger partial charge in [-0.1, -0.05) is 0 Å². The third kappa shape index (κ3) is 4.18. The topological polar surface area (TPSA) is 55.6 Å². The third-order valence-corrected chi connectivity index (χ3v) is 2.78. The van der Waals surface area contributed by atoms with Crippen LogP contribution >= 0.6 is 0 Å². The molecule has 0 aromatic carbocycles. The van der Waals surface area contributed by atoms with Crippen LogP contribution < -0.4 is 5.73 Å². The number of carbonyl (C=O) groups is 1. The van der Waals surface area contributed by atoms with Crippen molar-refractivity contribution in [2.24, 2.45) is 5.73 Å². The van der Waals surface area contributed by atoms with Gasteiger partial charge in [0, 0.05) is 12.1 Å². The van der Waals surface area contributed by atoms with Crippen molar-refractivity contribution >= 4 is 5.97 Å². The molecule has 0 saturated heterocycles. The van der Waals surface area contributed by atoms with Crippen molar-refractivity contribution in [1.82, 2.24) is 4.90 Å². The van der Waals surface area contributed by atoms with Gasteiger partial charge in [-0.3, -0.25) is 9.69 Å². The molecular weight excluding hydrogens is 192 g/mol. The molecule has 1 aliphatic rings. The molecule has 0 amide bonds. The molecule has 0 radical (unpaired) electrons. The zero-order valence-corrected chi connectivity index (χ0v) is 9.74. The number of nitrogens with two attached hydrogens (primary N) is 1. The fourth-order valence-electron chi connectivity index (χ4n) is 1.81. The summed E-state index contributed by atoms with van der Waals surface area (Å²) in [6, 6.07) is 0.961. The fourth-order valence-corrected chi connectivity index (χ4v) is 1.81. The molecule has 0 heterocycles. The summed E-state index contributed by atoms with van der Waals surface area (Å²) in [6.45, 7) is 5.52. The van der Waals surface area contributed by atoms with Crippen LogP contribution in [0.1, 0.15) is 33.1 Å². The third-order valence-electron chi connectivity index (χ3n) is 2.78. The lowest BCUT2D eigenvalue weighted by Gasteiger charge is -2.27. The van der Waals surface area contributed by atoms with Gasteiger partial charge in [0.2, 0.25) is 0 Å². The SMILES string of the molecule is CCOC(=O)CN(C(C)CCN)C1CC1. The van der Waals surface area contributed by atoms with Crippen LogP contribution in [0.4, 0.5) is 0 Å². The Bertz CT molecular complexity index is 205. The van der Waals surface area contributed by atoms with E-state index in [9.17, 15) is 4.79 Å². The standard InChI is InChI=1S/C11H22N2O2/c1-3-15-11(14)8-13(10-4-5-10)9(2)6-7-12/h9-10H,3-8,12H2,1-2H3. The Labute approximate surface area is 91.8 Å². The first-order valence-corrected chi connectivity index (χ1v) is 5.80. The van der Waals surface area contributed by atoms with Crippen molar-refractivity contribution in [1.29, 1.82) is 0 Å². The number of hydrogen-bond donors (Lipinski definition) is 1. The highest BCUT2D eigenvalue weighted by Gasteiger charge is 2.33. The lowest BCUT2D eigenvalue weighted by Crippen LogP contribution is -2.40. The fraction of sp³-hybridized carbons (Fsp3) is 0.909. The Morgan fingerprint density at radius 2 is 2.27 bits per heavy atom. The number of hydrogen-bond acceptors (Lipinski definition) is 4. The first-order chi connectivity index (χ1) is 7.19. The maximum Gasteiger partial charge on any atom is 0.320 e. The predicted molar refractivity (Wildman–Crippen MR) is 59.5 cm³/mol. The Morgan fingerprint density at radius 1 is 1.60 bits per heavy atom. The zero-order valence-electron chi connectivity index (χ0n) is 9.74. The zero-order chi connectivity index (χ0) is 11.3. The van der Waals surface area contributed by atoms with E-state index in [1.165, 1.54) is 12.8 Å². The van der Waals surface area contributed by atoms with Crippen LogP contribution in [-0.2, 0) is 9.53 Å². The first-order valence-electron chi connectivity index (χ1n) is 5.80. The summed E-state index contributed by atoms with van der Waals surface area (Å²) in [5.41, 5.74) is 5.53. The minimum atomic E-state index is -0.117. The molecule has 4 nitrogen and oxygen atoms in total. The molecule has 1 rings (SSSR count). The summed E-state index contributed by atoms with van der Waals surface area (Å²) in [4.78, 5) is 13.6. The van der Waals surface area contributed by atoms with E-state index < -0.39 is 0 Å². The minimum absolute atomic E-state index is 0.117. The second kappa shape index (κ2) is 6.08. The van der Waals surface area contributed by atoms with E-state index in [4.69, 9.17) is 10.5 Å². The van der Waals surface area contributed by atoms with Crippen LogP contribution in [0.2, 0.25) is 0 Å². The number of carbonyl (C=O) groups excluding carboxylic acids is 1. The van der Waals surface area contributed by atoms with Crippen molar-refractivity contribution in [3.63, 3.8) is 0 Å². The number of esters is 1. The van der Waals surface area contributed by atoms with Crippen LogP contribution in [0.25, 0.3) is 0 Å². The summed E-state index contributed by atoms with van der Waals surface area (Å²) in [5, 5.41) is 0. The van der Waals surface area contributed by atoms with Crippen LogP contribution in [0.15, 0.2) is 0 Å². The molecule has 1 aliphatic carbocycles. The molecule has 0 spiro atoms. The van der Waals surface area contributed by atoms with Crippen molar-refractivity contribution in [2.45, 2.75) is 45.2 Å². The molecule has 0 aromatic rings. The van der Waals surface area contributed by atoms with Gasteiger partial charge in [0.15, 0.2) is 0 Å². The molecular formula is C11H22N2O2. The molecule has 1 atom stereocenters. The maximum atomic E-state index is 11.4. The van der Waals surface area contributed by atoms with Crippen molar-refractivity contribution < 1.29 is 9.53 Å². The lowest BCUT2D eigenvalue weighted by atomic mass is 10.2. The summed E-state index contributed by atoms with van der Waals surface area (Å²) in [5.74, 6) is -0.117. The average Bonchev–Trinajstić information content (AvgIpc) is 2.98. The molecule has 88 valence electrons. The molecule has 1 fully saturated rings. The predicted octanol–water partition coefficient (Wildman–Crippen LogP) is 0.751. The minimum Gasteiger partial charge on any atom is -0.465 e. The van der Waals surface area contributed by atoms with Gasteiger partial charge < -0.3 is 10.5 Å². The van der Waals surface area contributed by atoms with Crippen LogP contribution in [0, 0.1) is 0 Å². The van der Waals surface area contributed by atoms with Gasteiger partial charge in [0.1, 0.15) is 0 Å². The van der Waals surface area contributed by atoms with Gasteiger partial charge >= 0.3 is 5.97 Å². The number of ether oxygens (including phenoxy) is 1. The van der Waals surface area contributed by atoms with Crippen LogP contribution in [0.3, 0.4) is 0 Å². The molecule has 15 heavy (non-hydrogen) atoms. The monoisotopic (exact) mass is 214 g/mol. The first kappa shape index (κ1) is 12.5.